The molecular formula is C19H21ClN2O3S2. The first-order valence-corrected chi connectivity index (χ1v) is 11.3. The van der Waals surface area contributed by atoms with Gasteiger partial charge >= 0.3 is 0 Å². The van der Waals surface area contributed by atoms with Crippen LogP contribution in [0.2, 0.25) is 5.02 Å². The van der Waals surface area contributed by atoms with Gasteiger partial charge < -0.3 is 4.90 Å². The molecule has 1 aliphatic rings. The minimum Gasteiger partial charge on any atom is -0.306 e. The molecule has 0 saturated carbocycles. The molecule has 0 aromatic heterocycles. The number of anilines is 1. The van der Waals surface area contributed by atoms with Crippen LogP contribution in [0, 0.1) is 0 Å². The molecule has 0 saturated heterocycles. The number of amides is 1. The maximum Gasteiger partial charge on any atom is 0.258 e. The van der Waals surface area contributed by atoms with Gasteiger partial charge in [-0.3, -0.25) is 4.79 Å². The molecule has 1 aliphatic heterocycles. The van der Waals surface area contributed by atoms with Crippen LogP contribution >= 0.6 is 23.4 Å². The van der Waals surface area contributed by atoms with Gasteiger partial charge in [0.25, 0.3) is 5.91 Å². The van der Waals surface area contributed by atoms with Gasteiger partial charge in [-0.05, 0) is 51.1 Å². The number of hydrogen-bond donors (Lipinski definition) is 1. The number of rotatable bonds is 3. The molecule has 1 heterocycles. The van der Waals surface area contributed by atoms with E-state index in [4.69, 9.17) is 11.6 Å². The van der Waals surface area contributed by atoms with Crippen molar-refractivity contribution in [1.82, 2.24) is 4.72 Å². The first-order chi connectivity index (χ1) is 12.6. The summed E-state index contributed by atoms with van der Waals surface area (Å²) in [5.41, 5.74) is 0.465. The van der Waals surface area contributed by atoms with E-state index in [0.717, 1.165) is 16.3 Å². The summed E-state index contributed by atoms with van der Waals surface area (Å²) in [6.45, 7) is 5.80. The molecule has 1 N–H and O–H groups in total. The van der Waals surface area contributed by atoms with E-state index in [0.29, 0.717) is 6.54 Å². The average molecular weight is 425 g/mol. The zero-order chi connectivity index (χ0) is 19.8. The Morgan fingerprint density at radius 2 is 1.89 bits per heavy atom. The number of carbonyl (C=O) groups is 1. The Morgan fingerprint density at radius 3 is 2.59 bits per heavy atom. The monoisotopic (exact) mass is 424 g/mol. The Labute approximate surface area is 169 Å². The highest BCUT2D eigenvalue weighted by Gasteiger charge is 2.28. The number of sulfonamides is 1. The highest BCUT2D eigenvalue weighted by Crippen LogP contribution is 2.35. The molecule has 0 bridgehead atoms. The zero-order valence-electron chi connectivity index (χ0n) is 15.3. The van der Waals surface area contributed by atoms with Crippen LogP contribution in [0.25, 0.3) is 0 Å². The summed E-state index contributed by atoms with van der Waals surface area (Å²) < 4.78 is 28.0. The summed E-state index contributed by atoms with van der Waals surface area (Å²) in [5, 5.41) is 0.0814. The number of thioether (sulfide) groups is 1. The number of para-hydroxylation sites is 1. The normalized spacial score (nSPS) is 14.7. The van der Waals surface area contributed by atoms with Crippen LogP contribution in [0.4, 0.5) is 5.69 Å². The van der Waals surface area contributed by atoms with Gasteiger partial charge in [0.15, 0.2) is 0 Å². The summed E-state index contributed by atoms with van der Waals surface area (Å²) >= 11 is 7.83. The average Bonchev–Trinajstić information content (AvgIpc) is 2.59. The molecule has 0 atom stereocenters. The topological polar surface area (TPSA) is 66.5 Å². The van der Waals surface area contributed by atoms with Crippen LogP contribution in [-0.4, -0.2) is 32.2 Å². The summed E-state index contributed by atoms with van der Waals surface area (Å²) in [7, 11) is -3.85. The third-order valence-electron chi connectivity index (χ3n) is 3.88. The quantitative estimate of drug-likeness (QED) is 0.802. The highest BCUT2D eigenvalue weighted by molar-refractivity contribution is 7.99. The van der Waals surface area contributed by atoms with Crippen molar-refractivity contribution in [3.05, 3.63) is 53.1 Å². The van der Waals surface area contributed by atoms with Gasteiger partial charge in [-0.15, -0.1) is 11.8 Å². The van der Waals surface area contributed by atoms with Crippen LogP contribution in [0.15, 0.2) is 52.3 Å². The lowest BCUT2D eigenvalue weighted by Gasteiger charge is -2.29. The van der Waals surface area contributed by atoms with E-state index in [1.54, 1.807) is 43.5 Å². The molecular weight excluding hydrogens is 404 g/mol. The summed E-state index contributed by atoms with van der Waals surface area (Å²) in [6, 6.07) is 12.1. The molecule has 0 unspecified atom stereocenters. The lowest BCUT2D eigenvalue weighted by molar-refractivity contribution is 0.0987. The van der Waals surface area contributed by atoms with E-state index in [2.05, 4.69) is 4.72 Å². The summed E-state index contributed by atoms with van der Waals surface area (Å²) in [5.74, 6) is 0.541. The second-order valence-electron chi connectivity index (χ2n) is 7.27. The molecule has 0 spiro atoms. The van der Waals surface area contributed by atoms with Gasteiger partial charge in [0.1, 0.15) is 4.90 Å². The number of benzene rings is 2. The second-order valence-corrected chi connectivity index (χ2v) is 10.5. The predicted octanol–water partition coefficient (Wildman–Crippen LogP) is 4.17. The van der Waals surface area contributed by atoms with E-state index in [-0.39, 0.29) is 21.4 Å². The molecule has 27 heavy (non-hydrogen) atoms. The third kappa shape index (κ3) is 4.48. The minimum atomic E-state index is -3.85. The smallest absolute Gasteiger partial charge is 0.258 e. The zero-order valence-corrected chi connectivity index (χ0v) is 17.7. The van der Waals surface area contributed by atoms with Crippen molar-refractivity contribution in [3.8, 4) is 0 Å². The van der Waals surface area contributed by atoms with Crippen LogP contribution in [-0.2, 0) is 10.0 Å². The van der Waals surface area contributed by atoms with E-state index in [1.165, 1.54) is 12.1 Å². The molecule has 2 aromatic rings. The first kappa shape index (κ1) is 20.2. The predicted molar refractivity (Wildman–Crippen MR) is 110 cm³/mol. The van der Waals surface area contributed by atoms with Crippen molar-refractivity contribution in [2.45, 2.75) is 36.1 Å². The lowest BCUT2D eigenvalue weighted by atomic mass is 10.1. The Morgan fingerprint density at radius 1 is 1.19 bits per heavy atom. The SMILES string of the molecule is CC(C)(C)NS(=O)(=O)c1cc(C(=O)N2CCSc3ccccc32)ccc1Cl. The van der Waals surface area contributed by atoms with Crippen LogP contribution in [0.1, 0.15) is 31.1 Å². The molecule has 0 radical (unpaired) electrons. The number of nitrogens with zero attached hydrogens (tertiary/aromatic N) is 1. The fourth-order valence-corrected chi connectivity index (χ4v) is 5.78. The Hall–Kier alpha value is -1.54. The van der Waals surface area contributed by atoms with Crippen LogP contribution < -0.4 is 9.62 Å². The molecule has 0 fully saturated rings. The Kier molecular flexibility index (Phi) is 5.59. The van der Waals surface area contributed by atoms with Gasteiger partial charge in [0.05, 0.1) is 10.7 Å². The number of hydrogen-bond acceptors (Lipinski definition) is 4. The molecule has 1 amide bonds. The van der Waals surface area contributed by atoms with Gasteiger partial charge in [-0.1, -0.05) is 23.7 Å². The van der Waals surface area contributed by atoms with Crippen LogP contribution in [0.3, 0.4) is 0 Å². The second kappa shape index (κ2) is 7.47. The number of nitrogens with one attached hydrogen (secondary N) is 1. The fourth-order valence-electron chi connectivity index (χ4n) is 2.84. The van der Waals surface area contributed by atoms with Crippen LogP contribution in [0.5, 0.6) is 0 Å². The van der Waals surface area contributed by atoms with E-state index >= 15 is 0 Å². The molecule has 144 valence electrons. The largest absolute Gasteiger partial charge is 0.306 e. The van der Waals surface area contributed by atoms with Crippen molar-refractivity contribution in [2.75, 3.05) is 17.2 Å². The molecule has 0 aliphatic carbocycles. The highest BCUT2D eigenvalue weighted by atomic mass is 35.5. The van der Waals surface area contributed by atoms with Crippen molar-refractivity contribution >= 4 is 45.0 Å². The van der Waals surface area contributed by atoms with Crippen molar-refractivity contribution < 1.29 is 13.2 Å². The molecule has 2 aromatic carbocycles. The van der Waals surface area contributed by atoms with Crippen molar-refractivity contribution in [1.29, 1.82) is 0 Å². The third-order valence-corrected chi connectivity index (χ3v) is 7.16. The number of carbonyl (C=O) groups excluding carboxylic acids is 1. The van der Waals surface area contributed by atoms with Crippen molar-refractivity contribution in [3.63, 3.8) is 0 Å². The minimum absolute atomic E-state index is 0.0814. The number of halogens is 1. The van der Waals surface area contributed by atoms with Gasteiger partial charge in [-0.25, -0.2) is 13.1 Å². The van der Waals surface area contributed by atoms with Gasteiger partial charge in [0.2, 0.25) is 10.0 Å². The number of fused-ring (bicyclic) bond motifs is 1. The Balaban J connectivity index is 1.99. The van der Waals surface area contributed by atoms with E-state index < -0.39 is 15.6 Å². The Bertz CT molecular complexity index is 985. The molecule has 8 heteroatoms. The molecule has 5 nitrogen and oxygen atoms in total. The standard InChI is InChI=1S/C19H21ClN2O3S2/c1-19(2,3)21-27(24,25)17-12-13(8-9-14(17)20)18(23)22-10-11-26-16-7-5-4-6-15(16)22/h4-9,12,21H,10-11H2,1-3H3. The maximum atomic E-state index is 13.1. The summed E-state index contributed by atoms with van der Waals surface area (Å²) in [4.78, 5) is 15.7. The summed E-state index contributed by atoms with van der Waals surface area (Å²) in [6.07, 6.45) is 0. The lowest BCUT2D eigenvalue weighted by Crippen LogP contribution is -2.40. The van der Waals surface area contributed by atoms with Crippen molar-refractivity contribution in [2.24, 2.45) is 0 Å². The van der Waals surface area contributed by atoms with Gasteiger partial charge in [0, 0.05) is 28.3 Å². The fraction of sp³-hybridized carbons (Fsp3) is 0.316. The van der Waals surface area contributed by atoms with Gasteiger partial charge in [-0.2, -0.15) is 0 Å². The molecule has 3 rings (SSSR count). The van der Waals surface area contributed by atoms with E-state index in [1.807, 2.05) is 24.3 Å². The van der Waals surface area contributed by atoms with E-state index in [9.17, 15) is 13.2 Å². The maximum absolute atomic E-state index is 13.1. The first-order valence-electron chi connectivity index (χ1n) is 8.46.